The fourth-order valence-electron chi connectivity index (χ4n) is 1.69. The number of aromatic nitrogens is 3. The number of rotatable bonds is 5. The Morgan fingerprint density at radius 2 is 2.28 bits per heavy atom. The van der Waals surface area contributed by atoms with Gasteiger partial charge in [-0.3, -0.25) is 4.21 Å². The fourth-order valence-corrected chi connectivity index (χ4v) is 2.36. The number of para-hydroxylation sites is 1. The van der Waals surface area contributed by atoms with E-state index >= 15 is 0 Å². The molecule has 96 valence electrons. The second kappa shape index (κ2) is 5.26. The smallest absolute Gasteiger partial charge is 0.337 e. The third-order valence-corrected chi connectivity index (χ3v) is 3.90. The summed E-state index contributed by atoms with van der Waals surface area (Å²) in [6.07, 6.45) is 0. The number of carboxylic acid groups (broad SMARTS) is 1. The number of aryl methyl sites for hydroxylation is 1. The lowest BCUT2D eigenvalue weighted by Crippen LogP contribution is -2.11. The first kappa shape index (κ1) is 12.7. The van der Waals surface area contributed by atoms with Crippen LogP contribution in [0.25, 0.3) is 11.0 Å². The average molecular weight is 267 g/mol. The number of aromatic carboxylic acids is 1. The van der Waals surface area contributed by atoms with E-state index in [9.17, 15) is 9.00 Å². The van der Waals surface area contributed by atoms with Gasteiger partial charge in [0.25, 0.3) is 0 Å². The zero-order valence-corrected chi connectivity index (χ0v) is 10.7. The molecule has 7 heteroatoms. The Balaban J connectivity index is 2.39. The van der Waals surface area contributed by atoms with Crippen LogP contribution in [0.2, 0.25) is 0 Å². The molecule has 18 heavy (non-hydrogen) atoms. The van der Waals surface area contributed by atoms with Gasteiger partial charge in [0.1, 0.15) is 11.0 Å². The summed E-state index contributed by atoms with van der Waals surface area (Å²) in [4.78, 5) is 11.1. The van der Waals surface area contributed by atoms with Gasteiger partial charge >= 0.3 is 5.97 Å². The summed E-state index contributed by atoms with van der Waals surface area (Å²) >= 11 is 0. The molecule has 1 heterocycles. The molecule has 1 aromatic carbocycles. The number of fused-ring (bicyclic) bond motifs is 1. The molecule has 2 aromatic rings. The molecular weight excluding hydrogens is 254 g/mol. The van der Waals surface area contributed by atoms with Gasteiger partial charge < -0.3 is 5.11 Å². The van der Waals surface area contributed by atoms with E-state index in [2.05, 4.69) is 10.3 Å². The first-order chi connectivity index (χ1) is 8.63. The Morgan fingerprint density at radius 3 is 2.94 bits per heavy atom. The van der Waals surface area contributed by atoms with Gasteiger partial charge in [0.05, 0.1) is 12.1 Å². The first-order valence-electron chi connectivity index (χ1n) is 5.54. The van der Waals surface area contributed by atoms with Crippen molar-refractivity contribution in [3.05, 3.63) is 23.8 Å². The van der Waals surface area contributed by atoms with Crippen molar-refractivity contribution in [1.29, 1.82) is 0 Å². The number of hydrogen-bond donors (Lipinski definition) is 1. The van der Waals surface area contributed by atoms with Gasteiger partial charge in [-0.1, -0.05) is 18.2 Å². The average Bonchev–Trinajstić information content (AvgIpc) is 2.78. The number of carbonyl (C=O) groups is 1. The molecule has 0 aliphatic carbocycles. The standard InChI is InChI=1S/C11H13N3O3S/c1-2-18(17)7-6-14-10-8(11(15)16)4-3-5-9(10)12-13-14/h3-5H,2,6-7H2,1H3,(H,15,16). The van der Waals surface area contributed by atoms with Gasteiger partial charge in [-0.15, -0.1) is 5.10 Å². The van der Waals surface area contributed by atoms with Crippen molar-refractivity contribution >= 4 is 27.8 Å². The summed E-state index contributed by atoms with van der Waals surface area (Å²) < 4.78 is 12.9. The van der Waals surface area contributed by atoms with E-state index < -0.39 is 16.8 Å². The molecule has 0 bridgehead atoms. The Labute approximate surface area is 106 Å². The Hall–Kier alpha value is -1.76. The molecule has 0 saturated carbocycles. The highest BCUT2D eigenvalue weighted by molar-refractivity contribution is 7.84. The zero-order chi connectivity index (χ0) is 13.1. The van der Waals surface area contributed by atoms with E-state index in [0.717, 1.165) is 0 Å². The fraction of sp³-hybridized carbons (Fsp3) is 0.364. The van der Waals surface area contributed by atoms with Crippen molar-refractivity contribution in [3.8, 4) is 0 Å². The SMILES string of the molecule is CCS(=O)CCn1nnc2cccc(C(=O)O)c21. The van der Waals surface area contributed by atoms with E-state index in [1.54, 1.807) is 12.1 Å². The third kappa shape index (κ3) is 2.40. The van der Waals surface area contributed by atoms with Gasteiger partial charge in [0.15, 0.2) is 0 Å². The molecule has 0 aliphatic heterocycles. The second-order valence-corrected chi connectivity index (χ2v) is 5.59. The molecule has 0 spiro atoms. The van der Waals surface area contributed by atoms with Crippen LogP contribution in [0.1, 0.15) is 17.3 Å². The number of nitrogens with zero attached hydrogens (tertiary/aromatic N) is 3. The van der Waals surface area contributed by atoms with E-state index in [1.807, 2.05) is 6.92 Å². The van der Waals surface area contributed by atoms with Gasteiger partial charge in [0.2, 0.25) is 0 Å². The minimum absolute atomic E-state index is 0.166. The predicted molar refractivity (Wildman–Crippen MR) is 68.0 cm³/mol. The van der Waals surface area contributed by atoms with Gasteiger partial charge in [-0.25, -0.2) is 9.48 Å². The summed E-state index contributed by atoms with van der Waals surface area (Å²) in [6, 6.07) is 4.86. The van der Waals surface area contributed by atoms with E-state index in [1.165, 1.54) is 10.7 Å². The molecule has 6 nitrogen and oxygen atoms in total. The lowest BCUT2D eigenvalue weighted by molar-refractivity contribution is 0.0698. The lowest BCUT2D eigenvalue weighted by Gasteiger charge is -2.03. The minimum Gasteiger partial charge on any atom is -0.478 e. The van der Waals surface area contributed by atoms with Gasteiger partial charge in [-0.05, 0) is 12.1 Å². The topological polar surface area (TPSA) is 85.1 Å². The maximum absolute atomic E-state index is 11.4. The summed E-state index contributed by atoms with van der Waals surface area (Å²) in [5, 5.41) is 17.0. The van der Waals surface area contributed by atoms with Crippen LogP contribution in [0.3, 0.4) is 0 Å². The molecule has 1 unspecified atom stereocenters. The van der Waals surface area contributed by atoms with Crippen LogP contribution in [0, 0.1) is 0 Å². The van der Waals surface area contributed by atoms with Crippen molar-refractivity contribution < 1.29 is 14.1 Å². The van der Waals surface area contributed by atoms with Gasteiger partial charge in [0, 0.05) is 22.3 Å². The van der Waals surface area contributed by atoms with Crippen molar-refractivity contribution in [2.45, 2.75) is 13.5 Å². The molecule has 0 fully saturated rings. The first-order valence-corrected chi connectivity index (χ1v) is 7.02. The normalized spacial score (nSPS) is 12.7. The quantitative estimate of drug-likeness (QED) is 0.870. The second-order valence-electron chi connectivity index (χ2n) is 3.72. The summed E-state index contributed by atoms with van der Waals surface area (Å²) in [5.74, 6) is 0.0159. The Kier molecular flexibility index (Phi) is 3.71. The monoisotopic (exact) mass is 267 g/mol. The van der Waals surface area contributed by atoms with Crippen molar-refractivity contribution in [3.63, 3.8) is 0 Å². The van der Waals surface area contributed by atoms with Crippen molar-refractivity contribution in [1.82, 2.24) is 15.0 Å². The highest BCUT2D eigenvalue weighted by atomic mass is 32.2. The molecule has 2 rings (SSSR count). The zero-order valence-electron chi connectivity index (χ0n) is 9.87. The van der Waals surface area contributed by atoms with Crippen LogP contribution in [0.15, 0.2) is 18.2 Å². The van der Waals surface area contributed by atoms with Crippen molar-refractivity contribution in [2.75, 3.05) is 11.5 Å². The minimum atomic E-state index is -1.01. The summed E-state index contributed by atoms with van der Waals surface area (Å²) in [7, 11) is -0.908. The summed E-state index contributed by atoms with van der Waals surface area (Å²) in [6.45, 7) is 2.25. The number of hydrogen-bond acceptors (Lipinski definition) is 4. The number of benzene rings is 1. The predicted octanol–water partition coefficient (Wildman–Crippen LogP) is 0.898. The molecular formula is C11H13N3O3S. The third-order valence-electron chi connectivity index (χ3n) is 2.62. The molecule has 1 N–H and O–H groups in total. The summed E-state index contributed by atoms with van der Waals surface area (Å²) in [5.41, 5.74) is 1.19. The molecule has 1 atom stereocenters. The van der Waals surface area contributed by atoms with Crippen LogP contribution < -0.4 is 0 Å². The molecule has 0 amide bonds. The highest BCUT2D eigenvalue weighted by Crippen LogP contribution is 2.16. The maximum Gasteiger partial charge on any atom is 0.337 e. The van der Waals surface area contributed by atoms with Crippen molar-refractivity contribution in [2.24, 2.45) is 0 Å². The Morgan fingerprint density at radius 1 is 1.50 bits per heavy atom. The molecule has 0 radical (unpaired) electrons. The van der Waals surface area contributed by atoms with Crippen LogP contribution >= 0.6 is 0 Å². The van der Waals surface area contributed by atoms with Crippen LogP contribution in [-0.2, 0) is 17.3 Å². The largest absolute Gasteiger partial charge is 0.478 e. The molecule has 1 aromatic heterocycles. The highest BCUT2D eigenvalue weighted by Gasteiger charge is 2.14. The Bertz CT molecular complexity index is 609. The van der Waals surface area contributed by atoms with Crippen LogP contribution in [0.5, 0.6) is 0 Å². The molecule has 0 saturated heterocycles. The van der Waals surface area contributed by atoms with Crippen LogP contribution in [0.4, 0.5) is 0 Å². The van der Waals surface area contributed by atoms with E-state index in [-0.39, 0.29) is 5.56 Å². The van der Waals surface area contributed by atoms with Gasteiger partial charge in [-0.2, -0.15) is 0 Å². The van der Waals surface area contributed by atoms with E-state index in [4.69, 9.17) is 5.11 Å². The maximum atomic E-state index is 11.4. The number of carboxylic acids is 1. The lowest BCUT2D eigenvalue weighted by atomic mass is 10.2. The van der Waals surface area contributed by atoms with Crippen LogP contribution in [-0.4, -0.2) is 41.8 Å². The van der Waals surface area contributed by atoms with E-state index in [0.29, 0.717) is 29.1 Å². The molecule has 0 aliphatic rings.